The van der Waals surface area contributed by atoms with E-state index in [9.17, 15) is 19.2 Å². The molecule has 0 radical (unpaired) electrons. The number of ether oxygens (including phenoxy) is 8. The van der Waals surface area contributed by atoms with Gasteiger partial charge in [0.25, 0.3) is 0 Å². The zero-order chi connectivity index (χ0) is 34.3. The molecule has 5 atom stereocenters. The van der Waals surface area contributed by atoms with Crippen molar-refractivity contribution in [2.24, 2.45) is 0 Å². The smallest absolute Gasteiger partial charge is 0.408 e. The molecule has 0 aliphatic carbocycles. The van der Waals surface area contributed by atoms with Gasteiger partial charge < -0.3 is 48.5 Å². The van der Waals surface area contributed by atoms with Crippen LogP contribution in [0.3, 0.4) is 0 Å². The van der Waals surface area contributed by atoms with Crippen LogP contribution in [0.15, 0.2) is 30.3 Å². The minimum absolute atomic E-state index is 0.177. The summed E-state index contributed by atoms with van der Waals surface area (Å²) >= 11 is 0. The lowest BCUT2D eigenvalue weighted by Gasteiger charge is -2.45. The lowest BCUT2D eigenvalue weighted by molar-refractivity contribution is -0.316. The molecule has 1 fully saturated rings. The predicted octanol–water partition coefficient (Wildman–Crippen LogP) is 3.63. The van der Waals surface area contributed by atoms with Crippen LogP contribution < -0.4 is 10.6 Å². The van der Waals surface area contributed by atoms with Crippen LogP contribution in [0.1, 0.15) is 67.4 Å². The highest BCUT2D eigenvalue weighted by Crippen LogP contribution is 2.30. The molecule has 2 amide bonds. The minimum atomic E-state index is -1.18. The van der Waals surface area contributed by atoms with Crippen LogP contribution in [0.4, 0.5) is 9.59 Å². The molecule has 0 spiro atoms. The van der Waals surface area contributed by atoms with Gasteiger partial charge in [-0.2, -0.15) is 0 Å². The second kappa shape index (κ2) is 18.6. The Hall–Kier alpha value is -3.46. The number of benzene rings is 1. The van der Waals surface area contributed by atoms with Gasteiger partial charge in [-0.15, -0.1) is 0 Å². The predicted molar refractivity (Wildman–Crippen MR) is 165 cm³/mol. The van der Waals surface area contributed by atoms with Crippen LogP contribution in [0.2, 0.25) is 0 Å². The lowest BCUT2D eigenvalue weighted by atomic mass is 9.98. The summed E-state index contributed by atoms with van der Waals surface area (Å²) in [6.45, 7) is 13.3. The Kier molecular flexibility index (Phi) is 15.7. The Morgan fingerprint density at radius 2 is 1.35 bits per heavy atom. The number of hydrogen-bond donors (Lipinski definition) is 2. The summed E-state index contributed by atoms with van der Waals surface area (Å²) < 4.78 is 46.0. The van der Waals surface area contributed by atoms with Gasteiger partial charge in [-0.25, -0.2) is 9.59 Å². The maximum Gasteiger partial charge on any atom is 0.408 e. The van der Waals surface area contributed by atoms with Crippen molar-refractivity contribution in [3.63, 3.8) is 0 Å². The third-order valence-electron chi connectivity index (χ3n) is 5.94. The quantitative estimate of drug-likeness (QED) is 0.209. The van der Waals surface area contributed by atoms with Crippen molar-refractivity contribution < 1.29 is 57.1 Å². The number of rotatable bonds is 15. The molecule has 2 rings (SSSR count). The van der Waals surface area contributed by atoms with Crippen molar-refractivity contribution >= 4 is 24.1 Å². The second-order valence-corrected chi connectivity index (χ2v) is 12.4. The maximum absolute atomic E-state index is 13.0. The first kappa shape index (κ1) is 38.7. The summed E-state index contributed by atoms with van der Waals surface area (Å²) in [7, 11) is 0. The lowest BCUT2D eigenvalue weighted by Crippen LogP contribution is -2.63. The number of esters is 2. The van der Waals surface area contributed by atoms with E-state index in [1.165, 1.54) is 0 Å². The highest BCUT2D eigenvalue weighted by atomic mass is 16.7. The molecule has 0 bridgehead atoms. The van der Waals surface area contributed by atoms with Gasteiger partial charge in [0, 0.05) is 13.2 Å². The van der Waals surface area contributed by atoms with Crippen LogP contribution in [0.25, 0.3) is 0 Å². The Labute approximate surface area is 271 Å². The number of carbonyl (C=O) groups is 4. The third-order valence-corrected chi connectivity index (χ3v) is 5.94. The Balaban J connectivity index is 2.26. The van der Waals surface area contributed by atoms with Gasteiger partial charge >= 0.3 is 24.1 Å². The minimum Gasteiger partial charge on any atom is -0.459 e. The van der Waals surface area contributed by atoms with Crippen molar-refractivity contribution in [1.29, 1.82) is 0 Å². The number of carbonyl (C=O) groups excluding carboxylic acids is 4. The summed E-state index contributed by atoms with van der Waals surface area (Å²) in [4.78, 5) is 49.7. The van der Waals surface area contributed by atoms with E-state index in [1.54, 1.807) is 48.5 Å². The molecule has 260 valence electrons. The Morgan fingerprint density at radius 1 is 0.761 bits per heavy atom. The molecule has 1 heterocycles. The summed E-state index contributed by atoms with van der Waals surface area (Å²) in [6, 6.07) is 9.43. The van der Waals surface area contributed by atoms with E-state index in [1.807, 2.05) is 37.3 Å². The average Bonchev–Trinajstić information content (AvgIpc) is 2.96. The summed E-state index contributed by atoms with van der Waals surface area (Å²) in [5, 5.41) is 4.72. The standard InChI is InChI=1S/C32H50N2O12/c1-9-16-40-26-25(44-30(38)34-18-24(36)46-32(6,7)8)22(20-42-29(37)33-17-23(35)45-31(3,4)5)43-28(39-10-2)27(26)41-19-21-14-12-11-13-15-21/h11-15,22,25-28H,9-10,16-20H2,1-8H3,(H,33,37)(H,34,38)/t22-,25-,26+,27-,28?/m1/s1. The maximum atomic E-state index is 13.0. The third kappa shape index (κ3) is 14.8. The Morgan fingerprint density at radius 3 is 1.89 bits per heavy atom. The van der Waals surface area contributed by atoms with Crippen molar-refractivity contribution in [2.45, 2.75) is 110 Å². The molecule has 1 unspecified atom stereocenters. The SMILES string of the molecule is CCCO[C@H]1[C@H](OC(=O)NCC(=O)OC(C)(C)C)[C@@H](COC(=O)NCC(=O)OC(C)(C)C)OC(OCC)[C@@H]1OCc1ccccc1. The highest BCUT2D eigenvalue weighted by molar-refractivity contribution is 5.78. The number of nitrogens with one attached hydrogen (secondary N) is 2. The molecule has 14 heteroatoms. The fourth-order valence-corrected chi connectivity index (χ4v) is 4.26. The van der Waals surface area contributed by atoms with Gasteiger partial charge in [-0.3, -0.25) is 9.59 Å². The topological polar surface area (TPSA) is 166 Å². The fourth-order valence-electron chi connectivity index (χ4n) is 4.26. The van der Waals surface area contributed by atoms with Crippen LogP contribution in [0.5, 0.6) is 0 Å². The van der Waals surface area contributed by atoms with E-state index < -0.39 is 85.7 Å². The van der Waals surface area contributed by atoms with Crippen molar-refractivity contribution in [2.75, 3.05) is 32.9 Å². The van der Waals surface area contributed by atoms with Crippen LogP contribution in [-0.2, 0) is 54.1 Å². The molecule has 2 N–H and O–H groups in total. The first-order valence-electron chi connectivity index (χ1n) is 15.4. The van der Waals surface area contributed by atoms with Gasteiger partial charge in [-0.05, 0) is 60.5 Å². The molecular weight excluding hydrogens is 604 g/mol. The summed E-state index contributed by atoms with van der Waals surface area (Å²) in [6.07, 6.45) is -6.31. The van der Waals surface area contributed by atoms with Crippen molar-refractivity contribution in [3.05, 3.63) is 35.9 Å². The first-order chi connectivity index (χ1) is 21.6. The molecule has 46 heavy (non-hydrogen) atoms. The molecule has 14 nitrogen and oxygen atoms in total. The summed E-state index contributed by atoms with van der Waals surface area (Å²) in [5.41, 5.74) is -0.594. The molecular formula is C32H50N2O12. The van der Waals surface area contributed by atoms with Gasteiger partial charge in [0.05, 0.1) is 6.61 Å². The molecule has 1 aliphatic heterocycles. The van der Waals surface area contributed by atoms with Gasteiger partial charge in [0.15, 0.2) is 12.4 Å². The van der Waals surface area contributed by atoms with E-state index >= 15 is 0 Å². The number of hydrogen-bond acceptors (Lipinski definition) is 12. The number of alkyl carbamates (subject to hydrolysis) is 2. The van der Waals surface area contributed by atoms with Gasteiger partial charge in [0.1, 0.15) is 49.2 Å². The monoisotopic (exact) mass is 654 g/mol. The van der Waals surface area contributed by atoms with E-state index in [4.69, 9.17) is 37.9 Å². The molecule has 1 saturated heterocycles. The van der Waals surface area contributed by atoms with Gasteiger partial charge in [0.2, 0.25) is 0 Å². The normalized spacial score (nSPS) is 21.5. The van der Waals surface area contributed by atoms with Crippen molar-refractivity contribution in [3.8, 4) is 0 Å². The fraction of sp³-hybridized carbons (Fsp3) is 0.688. The van der Waals surface area contributed by atoms with Gasteiger partial charge in [-0.1, -0.05) is 37.3 Å². The van der Waals surface area contributed by atoms with E-state index in [0.717, 1.165) is 5.56 Å². The van der Waals surface area contributed by atoms with Crippen LogP contribution in [-0.4, -0.2) is 98.9 Å². The second-order valence-electron chi connectivity index (χ2n) is 12.4. The Bertz CT molecular complexity index is 1100. The average molecular weight is 655 g/mol. The zero-order valence-electron chi connectivity index (χ0n) is 28.1. The largest absolute Gasteiger partial charge is 0.459 e. The summed E-state index contributed by atoms with van der Waals surface area (Å²) in [5.74, 6) is -1.31. The van der Waals surface area contributed by atoms with Crippen molar-refractivity contribution in [1.82, 2.24) is 10.6 Å². The number of amides is 2. The van der Waals surface area contributed by atoms with E-state index in [-0.39, 0.29) is 19.8 Å². The molecule has 0 saturated carbocycles. The molecule has 1 aromatic carbocycles. The highest BCUT2D eigenvalue weighted by Gasteiger charge is 2.50. The van der Waals surface area contributed by atoms with Crippen LogP contribution >= 0.6 is 0 Å². The molecule has 1 aliphatic rings. The van der Waals surface area contributed by atoms with E-state index in [0.29, 0.717) is 6.42 Å². The van der Waals surface area contributed by atoms with Crippen LogP contribution in [0, 0.1) is 0 Å². The molecule has 1 aromatic rings. The van der Waals surface area contributed by atoms with E-state index in [2.05, 4.69) is 10.6 Å². The zero-order valence-corrected chi connectivity index (χ0v) is 28.1. The first-order valence-corrected chi connectivity index (χ1v) is 15.4. The molecule has 0 aromatic heterocycles.